The highest BCUT2D eigenvalue weighted by Crippen LogP contribution is 2.31. The Kier molecular flexibility index (Phi) is 5.93. The van der Waals surface area contributed by atoms with Crippen LogP contribution in [0, 0.1) is 0 Å². The van der Waals surface area contributed by atoms with Crippen LogP contribution in [-0.2, 0) is 22.7 Å². The molecule has 0 spiro atoms. The molecular formula is C24H19ClN4O3S. The predicted octanol–water partition coefficient (Wildman–Crippen LogP) is 4.49. The lowest BCUT2D eigenvalue weighted by molar-refractivity contribution is -0.156. The number of nitrogens with zero attached hydrogens (tertiary/aromatic N) is 4. The number of hydrogen-bond donors (Lipinski definition) is 0. The maximum Gasteiger partial charge on any atom is 0.312 e. The molecule has 0 N–H and O–H groups in total. The molecule has 0 saturated carbocycles. The number of halogens is 1. The van der Waals surface area contributed by atoms with E-state index in [1.165, 1.54) is 16.2 Å². The Bertz CT molecular complexity index is 1290. The second kappa shape index (κ2) is 9.17. The molecule has 1 fully saturated rings. The topological polar surface area (TPSA) is 79.5 Å². The third-order valence-electron chi connectivity index (χ3n) is 5.47. The van der Waals surface area contributed by atoms with Crippen LogP contribution in [0.5, 0.6) is 0 Å². The fourth-order valence-corrected chi connectivity index (χ4v) is 4.72. The Labute approximate surface area is 199 Å². The summed E-state index contributed by atoms with van der Waals surface area (Å²) in [7, 11) is 0. The molecule has 4 heterocycles. The molecule has 3 aromatic heterocycles. The van der Waals surface area contributed by atoms with Gasteiger partial charge in [0.05, 0.1) is 15.8 Å². The van der Waals surface area contributed by atoms with Gasteiger partial charge < -0.3 is 14.3 Å². The predicted molar refractivity (Wildman–Crippen MR) is 125 cm³/mol. The second-order valence-electron chi connectivity index (χ2n) is 7.67. The molecule has 166 valence electrons. The monoisotopic (exact) mass is 478 g/mol. The van der Waals surface area contributed by atoms with Crippen molar-refractivity contribution in [3.63, 3.8) is 0 Å². The number of benzene rings is 1. The highest BCUT2D eigenvalue weighted by atomic mass is 35.5. The zero-order valence-corrected chi connectivity index (χ0v) is 19.1. The minimum atomic E-state index is -0.529. The summed E-state index contributed by atoms with van der Waals surface area (Å²) in [6.45, 7) is 1.51. The zero-order chi connectivity index (χ0) is 22.8. The molecule has 1 aliphatic heterocycles. The van der Waals surface area contributed by atoms with Crippen molar-refractivity contribution in [1.82, 2.24) is 19.9 Å². The summed E-state index contributed by atoms with van der Waals surface area (Å²) < 4.78 is 6.03. The number of rotatable bonds is 6. The molecule has 4 aromatic rings. The van der Waals surface area contributed by atoms with Crippen LogP contribution in [0.2, 0.25) is 4.34 Å². The maximum absolute atomic E-state index is 12.7. The largest absolute Gasteiger partial charge is 0.355 e. The van der Waals surface area contributed by atoms with Crippen molar-refractivity contribution in [3.05, 3.63) is 82.6 Å². The Balaban J connectivity index is 1.20. The smallest absolute Gasteiger partial charge is 0.312 e. The lowest BCUT2D eigenvalue weighted by Crippen LogP contribution is -2.53. The number of pyridine rings is 1. The first-order valence-corrected chi connectivity index (χ1v) is 11.5. The fraction of sp³-hybridized carbons (Fsp3) is 0.167. The minimum Gasteiger partial charge on any atom is -0.355 e. The number of aromatic nitrogens is 2. The first-order valence-electron chi connectivity index (χ1n) is 10.4. The van der Waals surface area contributed by atoms with E-state index in [4.69, 9.17) is 16.1 Å². The molecule has 7 nitrogen and oxygen atoms in total. The average Bonchev–Trinajstić information content (AvgIpc) is 3.49. The summed E-state index contributed by atoms with van der Waals surface area (Å²) in [4.78, 5) is 33.4. The summed E-state index contributed by atoms with van der Waals surface area (Å²) in [5, 5.41) is 4.04. The van der Waals surface area contributed by atoms with Crippen molar-refractivity contribution in [2.75, 3.05) is 13.1 Å². The van der Waals surface area contributed by atoms with Crippen LogP contribution >= 0.6 is 22.9 Å². The van der Waals surface area contributed by atoms with Gasteiger partial charge in [0.25, 0.3) is 0 Å². The Morgan fingerprint density at radius 1 is 0.879 bits per heavy atom. The molecule has 0 radical (unpaired) electrons. The van der Waals surface area contributed by atoms with E-state index in [0.29, 0.717) is 35.4 Å². The molecule has 0 atom stereocenters. The fourth-order valence-electron chi connectivity index (χ4n) is 3.73. The van der Waals surface area contributed by atoms with Crippen molar-refractivity contribution in [3.8, 4) is 21.8 Å². The van der Waals surface area contributed by atoms with Gasteiger partial charge in [-0.15, -0.1) is 11.3 Å². The van der Waals surface area contributed by atoms with Crippen LogP contribution in [0.15, 0.2) is 71.5 Å². The van der Waals surface area contributed by atoms with Gasteiger partial charge in [-0.3, -0.25) is 14.6 Å². The Morgan fingerprint density at radius 3 is 2.21 bits per heavy atom. The lowest BCUT2D eigenvalue weighted by atomic mass is 10.0. The van der Waals surface area contributed by atoms with Crippen molar-refractivity contribution in [2.24, 2.45) is 0 Å². The molecule has 0 aliphatic carbocycles. The number of carbonyl (C=O) groups excluding carboxylic acids is 2. The third-order valence-corrected chi connectivity index (χ3v) is 6.71. The van der Waals surface area contributed by atoms with Crippen molar-refractivity contribution < 1.29 is 14.1 Å². The van der Waals surface area contributed by atoms with Gasteiger partial charge in [-0.25, -0.2) is 0 Å². The van der Waals surface area contributed by atoms with E-state index in [1.54, 1.807) is 29.4 Å². The van der Waals surface area contributed by atoms with Gasteiger partial charge in [0.1, 0.15) is 5.69 Å². The molecule has 2 amide bonds. The Hall–Kier alpha value is -3.49. The molecule has 0 unspecified atom stereocenters. The first kappa shape index (κ1) is 21.4. The van der Waals surface area contributed by atoms with Crippen LogP contribution < -0.4 is 0 Å². The average molecular weight is 479 g/mol. The second-order valence-corrected chi connectivity index (χ2v) is 9.39. The SMILES string of the molecule is O=C1C(=O)N(Cc2cc(-c3ccc(Cl)s3)on2)CCN1Cc1ccc(-c2ccncc2)cc1. The van der Waals surface area contributed by atoms with Gasteiger partial charge in [-0.05, 0) is 41.0 Å². The minimum absolute atomic E-state index is 0.224. The van der Waals surface area contributed by atoms with E-state index in [-0.39, 0.29) is 6.54 Å². The molecule has 1 aromatic carbocycles. The van der Waals surface area contributed by atoms with Gasteiger partial charge in [-0.1, -0.05) is 41.0 Å². The van der Waals surface area contributed by atoms with E-state index in [0.717, 1.165) is 21.6 Å². The molecule has 9 heteroatoms. The van der Waals surface area contributed by atoms with Crippen molar-refractivity contribution in [2.45, 2.75) is 13.1 Å². The van der Waals surface area contributed by atoms with Gasteiger partial charge in [-0.2, -0.15) is 0 Å². The Morgan fingerprint density at radius 2 is 1.55 bits per heavy atom. The van der Waals surface area contributed by atoms with E-state index < -0.39 is 11.8 Å². The van der Waals surface area contributed by atoms with E-state index in [2.05, 4.69) is 10.1 Å². The molecule has 0 bridgehead atoms. The summed E-state index contributed by atoms with van der Waals surface area (Å²) >= 11 is 7.36. The van der Waals surface area contributed by atoms with E-state index >= 15 is 0 Å². The van der Waals surface area contributed by atoms with Crippen LogP contribution in [0.3, 0.4) is 0 Å². The molecule has 1 aliphatic rings. The van der Waals surface area contributed by atoms with Gasteiger partial charge in [0, 0.05) is 38.1 Å². The van der Waals surface area contributed by atoms with Gasteiger partial charge >= 0.3 is 11.8 Å². The standard InChI is InChI=1S/C24H19ClN4O3S/c25-22-6-5-21(33-22)20-13-19(27-32-20)15-29-12-11-28(23(30)24(29)31)14-16-1-3-17(4-2-16)18-7-9-26-10-8-18/h1-10,13H,11-12,14-15H2. The summed E-state index contributed by atoms with van der Waals surface area (Å²) in [6.07, 6.45) is 3.51. The van der Waals surface area contributed by atoms with E-state index in [9.17, 15) is 9.59 Å². The number of carbonyl (C=O) groups is 2. The number of amides is 2. The highest BCUT2D eigenvalue weighted by molar-refractivity contribution is 7.19. The summed E-state index contributed by atoms with van der Waals surface area (Å²) in [5.74, 6) is -0.443. The molecule has 1 saturated heterocycles. The third kappa shape index (κ3) is 4.67. The van der Waals surface area contributed by atoms with Crippen molar-refractivity contribution >= 4 is 34.8 Å². The van der Waals surface area contributed by atoms with Crippen LogP contribution in [-0.4, -0.2) is 44.8 Å². The number of piperazine rings is 1. The maximum atomic E-state index is 12.7. The van der Waals surface area contributed by atoms with Crippen LogP contribution in [0.1, 0.15) is 11.3 Å². The molecular weight excluding hydrogens is 460 g/mol. The van der Waals surface area contributed by atoms with E-state index in [1.807, 2.05) is 42.5 Å². The quantitative estimate of drug-likeness (QED) is 0.381. The summed E-state index contributed by atoms with van der Waals surface area (Å²) in [6, 6.07) is 17.3. The normalized spacial score (nSPS) is 14.2. The summed E-state index contributed by atoms with van der Waals surface area (Å²) in [5.41, 5.74) is 3.72. The van der Waals surface area contributed by atoms with Gasteiger partial charge in [0.15, 0.2) is 5.76 Å². The number of hydrogen-bond acceptors (Lipinski definition) is 6. The van der Waals surface area contributed by atoms with Gasteiger partial charge in [0.2, 0.25) is 0 Å². The van der Waals surface area contributed by atoms with Crippen LogP contribution in [0.4, 0.5) is 0 Å². The van der Waals surface area contributed by atoms with Crippen molar-refractivity contribution in [1.29, 1.82) is 0 Å². The zero-order valence-electron chi connectivity index (χ0n) is 17.5. The first-order chi connectivity index (χ1) is 16.1. The lowest BCUT2D eigenvalue weighted by Gasteiger charge is -2.33. The molecule has 5 rings (SSSR count). The number of thiophene rings is 1. The highest BCUT2D eigenvalue weighted by Gasteiger charge is 2.33. The van der Waals surface area contributed by atoms with Crippen LogP contribution in [0.25, 0.3) is 21.8 Å². The molecule has 33 heavy (non-hydrogen) atoms.